The highest BCUT2D eigenvalue weighted by Gasteiger charge is 2.58. The molecule has 18 heavy (non-hydrogen) atoms. The van der Waals surface area contributed by atoms with E-state index in [0.717, 1.165) is 7.11 Å². The molecule has 0 bridgehead atoms. The summed E-state index contributed by atoms with van der Waals surface area (Å²) in [6, 6.07) is 0. The molecule has 1 aliphatic carbocycles. The van der Waals surface area contributed by atoms with Gasteiger partial charge in [-0.3, -0.25) is 4.79 Å². The Morgan fingerprint density at radius 3 is 2.39 bits per heavy atom. The largest absolute Gasteiger partial charge is 0.471 e. The lowest BCUT2D eigenvalue weighted by Gasteiger charge is -2.46. The second-order valence-corrected chi connectivity index (χ2v) is 3.90. The SMILES string of the molecule is CCO[C@H]1CC[C@]1(NC(=O)C(F)(F)F)C(=O)OC. The van der Waals surface area contributed by atoms with Crippen LogP contribution in [0.25, 0.3) is 0 Å². The molecule has 104 valence electrons. The third-order valence-electron chi connectivity index (χ3n) is 2.86. The number of hydrogen-bond donors (Lipinski definition) is 1. The number of hydrogen-bond acceptors (Lipinski definition) is 4. The van der Waals surface area contributed by atoms with E-state index < -0.39 is 29.7 Å². The second-order valence-electron chi connectivity index (χ2n) is 3.90. The van der Waals surface area contributed by atoms with E-state index >= 15 is 0 Å². The summed E-state index contributed by atoms with van der Waals surface area (Å²) >= 11 is 0. The molecule has 0 aliphatic heterocycles. The standard InChI is InChI=1S/C10H14F3NO4/c1-3-18-6-4-5-9(6,8(16)17-2)14-7(15)10(11,12)13/h6H,3-5H2,1-2H3,(H,14,15)/t6-,9+/m0/s1. The molecule has 5 nitrogen and oxygen atoms in total. The first kappa shape index (κ1) is 14.7. The van der Waals surface area contributed by atoms with Gasteiger partial charge in [-0.1, -0.05) is 0 Å². The summed E-state index contributed by atoms with van der Waals surface area (Å²) in [5.41, 5.74) is -1.72. The van der Waals surface area contributed by atoms with Crippen molar-refractivity contribution in [3.05, 3.63) is 0 Å². The summed E-state index contributed by atoms with van der Waals surface area (Å²) in [5.74, 6) is -3.10. The number of carbonyl (C=O) groups excluding carboxylic acids is 2. The van der Waals surface area contributed by atoms with E-state index in [1.54, 1.807) is 12.2 Å². The molecule has 0 unspecified atom stereocenters. The average Bonchev–Trinajstić information content (AvgIpc) is 2.28. The third-order valence-corrected chi connectivity index (χ3v) is 2.86. The van der Waals surface area contributed by atoms with Crippen molar-refractivity contribution < 1.29 is 32.2 Å². The molecule has 2 atom stereocenters. The first-order chi connectivity index (χ1) is 8.28. The second kappa shape index (κ2) is 5.13. The lowest BCUT2D eigenvalue weighted by atomic mass is 9.73. The molecule has 1 saturated carbocycles. The summed E-state index contributed by atoms with van der Waals surface area (Å²) in [6.45, 7) is 1.87. The van der Waals surface area contributed by atoms with E-state index in [-0.39, 0.29) is 13.0 Å². The Balaban J connectivity index is 2.87. The van der Waals surface area contributed by atoms with Gasteiger partial charge in [-0.15, -0.1) is 0 Å². The summed E-state index contributed by atoms with van der Waals surface area (Å²) in [4.78, 5) is 22.5. The molecule has 1 aliphatic rings. The smallest absolute Gasteiger partial charge is 0.467 e. The minimum absolute atomic E-state index is 0.0617. The van der Waals surface area contributed by atoms with E-state index in [4.69, 9.17) is 4.74 Å². The van der Waals surface area contributed by atoms with Crippen LogP contribution < -0.4 is 5.32 Å². The van der Waals surface area contributed by atoms with Crippen LogP contribution in [-0.2, 0) is 19.1 Å². The molecule has 0 saturated heterocycles. The lowest BCUT2D eigenvalue weighted by Crippen LogP contribution is -2.70. The molecule has 1 fully saturated rings. The molecular formula is C10H14F3NO4. The van der Waals surface area contributed by atoms with Crippen LogP contribution in [0, 0.1) is 0 Å². The number of halogens is 3. The molecule has 0 aromatic carbocycles. The zero-order chi connectivity index (χ0) is 14.0. The molecule has 1 amide bonds. The van der Waals surface area contributed by atoms with Crippen molar-refractivity contribution in [2.24, 2.45) is 0 Å². The predicted molar refractivity (Wildman–Crippen MR) is 53.6 cm³/mol. The van der Waals surface area contributed by atoms with E-state index in [2.05, 4.69) is 4.74 Å². The van der Waals surface area contributed by atoms with Gasteiger partial charge < -0.3 is 14.8 Å². The molecular weight excluding hydrogens is 255 g/mol. The number of esters is 1. The minimum Gasteiger partial charge on any atom is -0.467 e. The number of methoxy groups -OCH3 is 1. The zero-order valence-electron chi connectivity index (χ0n) is 9.97. The minimum atomic E-state index is -5.05. The lowest BCUT2D eigenvalue weighted by molar-refractivity contribution is -0.188. The van der Waals surface area contributed by atoms with E-state index in [0.29, 0.717) is 6.42 Å². The number of nitrogens with one attached hydrogen (secondary N) is 1. The molecule has 1 N–H and O–H groups in total. The quantitative estimate of drug-likeness (QED) is 0.766. The molecule has 0 aromatic heterocycles. The fourth-order valence-electron chi connectivity index (χ4n) is 1.86. The summed E-state index contributed by atoms with van der Waals surface area (Å²) in [6.07, 6.45) is -5.39. The van der Waals surface area contributed by atoms with Gasteiger partial charge in [0.1, 0.15) is 0 Å². The van der Waals surface area contributed by atoms with Gasteiger partial charge in [0.15, 0.2) is 5.54 Å². The normalized spacial score (nSPS) is 27.3. The maximum atomic E-state index is 12.2. The van der Waals surface area contributed by atoms with E-state index in [9.17, 15) is 22.8 Å². The Morgan fingerprint density at radius 1 is 1.44 bits per heavy atom. The first-order valence-electron chi connectivity index (χ1n) is 5.37. The van der Waals surface area contributed by atoms with Crippen LogP contribution in [0.2, 0.25) is 0 Å². The van der Waals surface area contributed by atoms with Gasteiger partial charge in [0, 0.05) is 6.61 Å². The van der Waals surface area contributed by atoms with Crippen LogP contribution in [0.1, 0.15) is 19.8 Å². The monoisotopic (exact) mass is 269 g/mol. The van der Waals surface area contributed by atoms with Gasteiger partial charge in [0.2, 0.25) is 0 Å². The number of amides is 1. The Bertz CT molecular complexity index is 345. The fourth-order valence-corrected chi connectivity index (χ4v) is 1.86. The predicted octanol–water partition coefficient (Wildman–Crippen LogP) is 0.776. The zero-order valence-corrected chi connectivity index (χ0v) is 9.97. The first-order valence-corrected chi connectivity index (χ1v) is 5.37. The number of rotatable bonds is 4. The van der Waals surface area contributed by atoms with Crippen LogP contribution in [0.15, 0.2) is 0 Å². The van der Waals surface area contributed by atoms with Crippen LogP contribution in [0.3, 0.4) is 0 Å². The Labute approximate surface area is 102 Å². The van der Waals surface area contributed by atoms with Crippen molar-refractivity contribution in [3.63, 3.8) is 0 Å². The van der Waals surface area contributed by atoms with Crippen LogP contribution in [-0.4, -0.2) is 43.4 Å². The molecule has 0 radical (unpaired) electrons. The molecule has 0 heterocycles. The highest BCUT2D eigenvalue weighted by molar-refractivity contribution is 5.91. The van der Waals surface area contributed by atoms with Gasteiger partial charge in [-0.2, -0.15) is 13.2 Å². The van der Waals surface area contributed by atoms with Crippen LogP contribution in [0.4, 0.5) is 13.2 Å². The van der Waals surface area contributed by atoms with Crippen molar-refractivity contribution >= 4 is 11.9 Å². The molecule has 0 aromatic rings. The van der Waals surface area contributed by atoms with Gasteiger partial charge in [0.25, 0.3) is 0 Å². The molecule has 8 heteroatoms. The highest BCUT2D eigenvalue weighted by atomic mass is 19.4. The summed E-state index contributed by atoms with van der Waals surface area (Å²) in [5, 5.41) is 1.69. The summed E-state index contributed by atoms with van der Waals surface area (Å²) < 4.78 is 46.2. The van der Waals surface area contributed by atoms with Crippen molar-refractivity contribution in [1.82, 2.24) is 5.32 Å². The van der Waals surface area contributed by atoms with Gasteiger partial charge in [-0.25, -0.2) is 4.79 Å². The number of alkyl halides is 3. The molecule has 1 rings (SSSR count). The van der Waals surface area contributed by atoms with E-state index in [1.165, 1.54) is 0 Å². The Morgan fingerprint density at radius 2 is 2.06 bits per heavy atom. The van der Waals surface area contributed by atoms with Crippen molar-refractivity contribution in [2.75, 3.05) is 13.7 Å². The van der Waals surface area contributed by atoms with E-state index in [1.807, 2.05) is 0 Å². The van der Waals surface area contributed by atoms with Gasteiger partial charge >= 0.3 is 18.1 Å². The maximum absolute atomic E-state index is 12.2. The van der Waals surface area contributed by atoms with Crippen molar-refractivity contribution in [3.8, 4) is 0 Å². The van der Waals surface area contributed by atoms with Crippen molar-refractivity contribution in [2.45, 2.75) is 37.6 Å². The maximum Gasteiger partial charge on any atom is 0.471 e. The fraction of sp³-hybridized carbons (Fsp3) is 0.800. The van der Waals surface area contributed by atoms with Gasteiger partial charge in [0.05, 0.1) is 13.2 Å². The van der Waals surface area contributed by atoms with Crippen molar-refractivity contribution in [1.29, 1.82) is 0 Å². The number of ether oxygens (including phenoxy) is 2. The summed E-state index contributed by atoms with van der Waals surface area (Å²) in [7, 11) is 1.05. The molecule has 0 spiro atoms. The topological polar surface area (TPSA) is 64.6 Å². The Hall–Kier alpha value is -1.31. The Kier molecular flexibility index (Phi) is 4.20. The highest BCUT2D eigenvalue weighted by Crippen LogP contribution is 2.37. The van der Waals surface area contributed by atoms with Crippen LogP contribution >= 0.6 is 0 Å². The number of carbonyl (C=O) groups is 2. The van der Waals surface area contributed by atoms with Crippen LogP contribution in [0.5, 0.6) is 0 Å². The average molecular weight is 269 g/mol. The van der Waals surface area contributed by atoms with Gasteiger partial charge in [-0.05, 0) is 19.8 Å². The third kappa shape index (κ3) is 2.58.